The predicted molar refractivity (Wildman–Crippen MR) is 75.3 cm³/mol. The Morgan fingerprint density at radius 3 is 3.20 bits per heavy atom. The third kappa shape index (κ3) is 4.29. The first-order valence-corrected chi connectivity index (χ1v) is 6.91. The summed E-state index contributed by atoms with van der Waals surface area (Å²) in [4.78, 5) is 21.3. The van der Waals surface area contributed by atoms with Gasteiger partial charge in [0.15, 0.2) is 0 Å². The summed E-state index contributed by atoms with van der Waals surface area (Å²) in [5.41, 5.74) is 2.05. The second kappa shape index (κ2) is 7.37. The van der Waals surface area contributed by atoms with Gasteiger partial charge in [0.25, 0.3) is 0 Å². The van der Waals surface area contributed by atoms with Gasteiger partial charge in [-0.3, -0.25) is 10.1 Å². The monoisotopic (exact) mass is 281 g/mol. The van der Waals surface area contributed by atoms with E-state index >= 15 is 0 Å². The first-order valence-electron chi connectivity index (χ1n) is 6.91. The lowest BCUT2D eigenvalue weighted by Gasteiger charge is -2.22. The predicted octanol–water partition coefficient (Wildman–Crippen LogP) is -0.882. The normalized spacial score (nSPS) is 18.1. The molecule has 0 radical (unpaired) electrons. The highest BCUT2D eigenvalue weighted by Crippen LogP contribution is 2.11. The van der Waals surface area contributed by atoms with Crippen LogP contribution in [0.3, 0.4) is 0 Å². The van der Waals surface area contributed by atoms with Gasteiger partial charge in [-0.15, -0.1) is 0 Å². The molecule has 1 aromatic heterocycles. The molecule has 112 valence electrons. The molecule has 0 saturated heterocycles. The number of rotatable bonds is 7. The molecule has 1 unspecified atom stereocenters. The number of nitrogens with one attached hydrogen (secondary N) is 3. The molecule has 7 nitrogen and oxygen atoms in total. The summed E-state index contributed by atoms with van der Waals surface area (Å²) in [6, 6.07) is -0.201. The lowest BCUT2D eigenvalue weighted by molar-refractivity contribution is -0.123. The van der Waals surface area contributed by atoms with Gasteiger partial charge in [-0.25, -0.2) is 4.98 Å². The molecule has 1 atom stereocenters. The standard InChI is InChI=1S/C13H23N5O2/c1-18(2)4-6-20-5-3-14-13(19)11-7-10-12(8-15-11)17-9-16-10/h9,11,15H,3-8H2,1-2H3,(H,14,19)(H,16,17). The van der Waals surface area contributed by atoms with Crippen molar-refractivity contribution < 1.29 is 9.53 Å². The van der Waals surface area contributed by atoms with Crippen LogP contribution in [0.5, 0.6) is 0 Å². The van der Waals surface area contributed by atoms with E-state index in [9.17, 15) is 4.79 Å². The molecular formula is C13H23N5O2. The molecule has 0 saturated carbocycles. The minimum Gasteiger partial charge on any atom is -0.378 e. The Morgan fingerprint density at radius 1 is 1.55 bits per heavy atom. The van der Waals surface area contributed by atoms with E-state index in [0.717, 1.165) is 17.9 Å². The molecule has 0 aliphatic carbocycles. The quantitative estimate of drug-likeness (QED) is 0.565. The zero-order valence-corrected chi connectivity index (χ0v) is 12.1. The van der Waals surface area contributed by atoms with E-state index in [-0.39, 0.29) is 11.9 Å². The Labute approximate surface area is 119 Å². The molecule has 1 amide bonds. The molecule has 2 heterocycles. The molecule has 7 heteroatoms. The molecule has 2 rings (SSSR count). The summed E-state index contributed by atoms with van der Waals surface area (Å²) in [5, 5.41) is 6.08. The van der Waals surface area contributed by atoms with Gasteiger partial charge in [0.05, 0.1) is 37.0 Å². The topological polar surface area (TPSA) is 82.3 Å². The molecule has 1 aromatic rings. The van der Waals surface area contributed by atoms with Gasteiger partial charge in [0.1, 0.15) is 0 Å². The third-order valence-corrected chi connectivity index (χ3v) is 3.28. The number of aromatic amines is 1. The summed E-state index contributed by atoms with van der Waals surface area (Å²) in [6.45, 7) is 3.31. The molecule has 1 aliphatic rings. The van der Waals surface area contributed by atoms with Crippen LogP contribution >= 0.6 is 0 Å². The fraction of sp³-hybridized carbons (Fsp3) is 0.692. The van der Waals surface area contributed by atoms with Crippen LogP contribution in [-0.4, -0.2) is 67.2 Å². The third-order valence-electron chi connectivity index (χ3n) is 3.28. The first-order chi connectivity index (χ1) is 9.66. The molecule has 0 fully saturated rings. The zero-order valence-electron chi connectivity index (χ0n) is 12.1. The van der Waals surface area contributed by atoms with E-state index < -0.39 is 0 Å². The Balaban J connectivity index is 1.61. The maximum Gasteiger partial charge on any atom is 0.237 e. The van der Waals surface area contributed by atoms with E-state index in [1.54, 1.807) is 6.33 Å². The van der Waals surface area contributed by atoms with Crippen molar-refractivity contribution in [1.82, 2.24) is 25.5 Å². The Morgan fingerprint density at radius 2 is 2.40 bits per heavy atom. The minimum atomic E-state index is -0.201. The summed E-state index contributed by atoms with van der Waals surface area (Å²) in [7, 11) is 4.01. The molecule has 3 N–H and O–H groups in total. The van der Waals surface area contributed by atoms with Gasteiger partial charge >= 0.3 is 0 Å². The number of carbonyl (C=O) groups excluding carboxylic acids is 1. The highest BCUT2D eigenvalue weighted by molar-refractivity contribution is 5.82. The lowest BCUT2D eigenvalue weighted by Crippen LogP contribution is -2.48. The number of ether oxygens (including phenoxy) is 1. The van der Waals surface area contributed by atoms with Crippen LogP contribution < -0.4 is 10.6 Å². The zero-order chi connectivity index (χ0) is 14.4. The maximum atomic E-state index is 12.0. The number of fused-ring (bicyclic) bond motifs is 1. The molecule has 1 aliphatic heterocycles. The van der Waals surface area contributed by atoms with Gasteiger partial charge in [0, 0.05) is 26.1 Å². The summed E-state index contributed by atoms with van der Waals surface area (Å²) in [5.74, 6) is 0.00913. The van der Waals surface area contributed by atoms with Crippen molar-refractivity contribution in [3.63, 3.8) is 0 Å². The van der Waals surface area contributed by atoms with E-state index in [0.29, 0.717) is 32.7 Å². The van der Waals surface area contributed by atoms with Crippen LogP contribution in [0.15, 0.2) is 6.33 Å². The number of likely N-dealkylation sites (N-methyl/N-ethyl adjacent to an activating group) is 1. The largest absolute Gasteiger partial charge is 0.378 e. The molecule has 0 bridgehead atoms. The van der Waals surface area contributed by atoms with Crippen LogP contribution in [0.4, 0.5) is 0 Å². The molecular weight excluding hydrogens is 258 g/mol. The first kappa shape index (κ1) is 15.0. The van der Waals surface area contributed by atoms with Crippen LogP contribution in [0, 0.1) is 0 Å². The van der Waals surface area contributed by atoms with Crippen molar-refractivity contribution in [2.24, 2.45) is 0 Å². The van der Waals surface area contributed by atoms with Gasteiger partial charge < -0.3 is 19.9 Å². The number of aromatic nitrogens is 2. The fourth-order valence-electron chi connectivity index (χ4n) is 2.07. The van der Waals surface area contributed by atoms with Crippen molar-refractivity contribution in [2.45, 2.75) is 19.0 Å². The second-order valence-electron chi connectivity index (χ2n) is 5.17. The maximum absolute atomic E-state index is 12.0. The van der Waals surface area contributed by atoms with Gasteiger partial charge in [0.2, 0.25) is 5.91 Å². The van der Waals surface area contributed by atoms with Crippen LogP contribution in [0.1, 0.15) is 11.4 Å². The minimum absolute atomic E-state index is 0.00913. The van der Waals surface area contributed by atoms with Crippen molar-refractivity contribution in [3.8, 4) is 0 Å². The van der Waals surface area contributed by atoms with Crippen molar-refractivity contribution in [1.29, 1.82) is 0 Å². The van der Waals surface area contributed by atoms with Crippen LogP contribution in [-0.2, 0) is 22.5 Å². The van der Waals surface area contributed by atoms with Crippen molar-refractivity contribution in [2.75, 3.05) is 40.4 Å². The summed E-state index contributed by atoms with van der Waals surface area (Å²) in [6.07, 6.45) is 2.30. The van der Waals surface area contributed by atoms with Crippen molar-refractivity contribution in [3.05, 3.63) is 17.7 Å². The summed E-state index contributed by atoms with van der Waals surface area (Å²) >= 11 is 0. The van der Waals surface area contributed by atoms with Gasteiger partial charge in [-0.2, -0.15) is 0 Å². The average Bonchev–Trinajstić information content (AvgIpc) is 2.89. The fourth-order valence-corrected chi connectivity index (χ4v) is 2.07. The van der Waals surface area contributed by atoms with Gasteiger partial charge in [-0.1, -0.05) is 0 Å². The van der Waals surface area contributed by atoms with Crippen LogP contribution in [0.2, 0.25) is 0 Å². The van der Waals surface area contributed by atoms with Gasteiger partial charge in [-0.05, 0) is 14.1 Å². The highest BCUT2D eigenvalue weighted by Gasteiger charge is 2.25. The highest BCUT2D eigenvalue weighted by atomic mass is 16.5. The molecule has 0 aromatic carbocycles. The van der Waals surface area contributed by atoms with Crippen LogP contribution in [0.25, 0.3) is 0 Å². The number of nitrogens with zero attached hydrogens (tertiary/aromatic N) is 2. The van der Waals surface area contributed by atoms with Crippen molar-refractivity contribution >= 4 is 5.91 Å². The average molecular weight is 281 g/mol. The van der Waals surface area contributed by atoms with E-state index in [1.165, 1.54) is 0 Å². The Hall–Kier alpha value is -1.44. The smallest absolute Gasteiger partial charge is 0.237 e. The Kier molecular flexibility index (Phi) is 5.51. The molecule has 20 heavy (non-hydrogen) atoms. The number of hydrogen-bond acceptors (Lipinski definition) is 5. The number of hydrogen-bond donors (Lipinski definition) is 3. The second-order valence-corrected chi connectivity index (χ2v) is 5.17. The Bertz CT molecular complexity index is 432. The molecule has 0 spiro atoms. The van der Waals surface area contributed by atoms with E-state index in [1.807, 2.05) is 14.1 Å². The lowest BCUT2D eigenvalue weighted by atomic mass is 10.1. The number of carbonyl (C=O) groups is 1. The van der Waals surface area contributed by atoms with E-state index in [2.05, 4.69) is 25.5 Å². The number of amides is 1. The SMILES string of the molecule is CN(C)CCOCCNC(=O)C1Cc2nc[nH]c2CN1. The number of H-pyrrole nitrogens is 1. The number of imidazole rings is 1. The summed E-state index contributed by atoms with van der Waals surface area (Å²) < 4.78 is 5.43. The van der Waals surface area contributed by atoms with E-state index in [4.69, 9.17) is 4.74 Å².